The van der Waals surface area contributed by atoms with Crippen LogP contribution in [0, 0.1) is 0 Å². The molecule has 0 spiro atoms. The number of hydrogen-bond donors (Lipinski definition) is 1. The first-order valence-corrected chi connectivity index (χ1v) is 7.21. The lowest BCUT2D eigenvalue weighted by Crippen LogP contribution is -2.25. The summed E-state index contributed by atoms with van der Waals surface area (Å²) in [5.74, 6) is 0.674. The molecule has 1 amide bonds. The van der Waals surface area contributed by atoms with Crippen molar-refractivity contribution in [2.45, 2.75) is 52.5 Å². The van der Waals surface area contributed by atoms with E-state index in [0.29, 0.717) is 12.4 Å². The van der Waals surface area contributed by atoms with Gasteiger partial charge in [0.15, 0.2) is 0 Å². The molecule has 0 saturated heterocycles. The van der Waals surface area contributed by atoms with Crippen molar-refractivity contribution >= 4 is 22.9 Å². The summed E-state index contributed by atoms with van der Waals surface area (Å²) in [5.41, 5.74) is 1.82. The number of fused-ring (bicyclic) bond motifs is 1. The summed E-state index contributed by atoms with van der Waals surface area (Å²) in [7, 11) is 0. The average Bonchev–Trinajstić information content (AvgIpc) is 2.73. The summed E-state index contributed by atoms with van der Waals surface area (Å²) < 4.78 is 2.09. The number of para-hydroxylation sites is 2. The number of benzene rings is 1. The van der Waals surface area contributed by atoms with E-state index in [1.165, 1.54) is 0 Å². The van der Waals surface area contributed by atoms with E-state index in [1.54, 1.807) is 0 Å². The van der Waals surface area contributed by atoms with Crippen molar-refractivity contribution in [2.24, 2.45) is 0 Å². The van der Waals surface area contributed by atoms with Crippen molar-refractivity contribution in [3.63, 3.8) is 0 Å². The van der Waals surface area contributed by atoms with Crippen molar-refractivity contribution in [1.29, 1.82) is 0 Å². The van der Waals surface area contributed by atoms with Crippen molar-refractivity contribution in [3.05, 3.63) is 24.3 Å². The van der Waals surface area contributed by atoms with Crippen LogP contribution in [0.3, 0.4) is 0 Å². The number of aromatic nitrogens is 2. The fourth-order valence-corrected chi connectivity index (χ4v) is 2.31. The van der Waals surface area contributed by atoms with E-state index < -0.39 is 0 Å². The van der Waals surface area contributed by atoms with Crippen molar-refractivity contribution in [2.75, 3.05) is 5.32 Å². The Bertz CT molecular complexity index is 608. The van der Waals surface area contributed by atoms with Gasteiger partial charge in [-0.2, -0.15) is 0 Å². The number of amides is 1. The molecule has 1 aromatic heterocycles. The van der Waals surface area contributed by atoms with Crippen LogP contribution >= 0.6 is 0 Å². The lowest BCUT2D eigenvalue weighted by molar-refractivity contribution is -0.116. The third kappa shape index (κ3) is 3.00. The molecule has 4 heteroatoms. The fraction of sp³-hybridized carbons (Fsp3) is 0.500. The Labute approximate surface area is 120 Å². The normalized spacial score (nSPS) is 11.8. The molecular formula is C16H23N3O. The van der Waals surface area contributed by atoms with Gasteiger partial charge >= 0.3 is 0 Å². The lowest BCUT2D eigenvalue weighted by atomic mass is 10.1. The third-order valence-corrected chi connectivity index (χ3v) is 3.24. The fourth-order valence-electron chi connectivity index (χ4n) is 2.31. The maximum Gasteiger partial charge on any atom is 0.226 e. The number of carbonyl (C=O) groups excluding carboxylic acids is 1. The van der Waals surface area contributed by atoms with Crippen molar-refractivity contribution < 1.29 is 4.79 Å². The zero-order valence-electron chi connectivity index (χ0n) is 12.7. The molecule has 2 aromatic rings. The minimum Gasteiger partial charge on any atom is -0.305 e. The Balaban J connectivity index is 2.39. The Morgan fingerprint density at radius 1 is 1.30 bits per heavy atom. The highest BCUT2D eigenvalue weighted by atomic mass is 16.1. The molecule has 1 aromatic carbocycles. The summed E-state index contributed by atoms with van der Waals surface area (Å²) in [6, 6.07) is 7.97. The minimum atomic E-state index is -0.135. The van der Waals surface area contributed by atoms with E-state index in [1.807, 2.05) is 24.3 Å². The van der Waals surface area contributed by atoms with Crippen LogP contribution in [0.4, 0.5) is 5.95 Å². The number of carbonyl (C=O) groups is 1. The molecule has 20 heavy (non-hydrogen) atoms. The molecule has 0 atom stereocenters. The van der Waals surface area contributed by atoms with E-state index in [2.05, 4.69) is 42.6 Å². The Morgan fingerprint density at radius 2 is 2.00 bits per heavy atom. The third-order valence-electron chi connectivity index (χ3n) is 3.24. The van der Waals surface area contributed by atoms with E-state index in [-0.39, 0.29) is 11.4 Å². The molecule has 1 N–H and O–H groups in total. The topological polar surface area (TPSA) is 46.9 Å². The molecule has 0 bridgehead atoms. The van der Waals surface area contributed by atoms with Gasteiger partial charge < -0.3 is 4.57 Å². The highest BCUT2D eigenvalue weighted by Gasteiger charge is 2.22. The number of anilines is 1. The number of imidazole rings is 1. The molecule has 0 unspecified atom stereocenters. The molecule has 108 valence electrons. The van der Waals surface area contributed by atoms with Crippen LogP contribution in [0.15, 0.2) is 24.3 Å². The Kier molecular flexibility index (Phi) is 4.12. The van der Waals surface area contributed by atoms with Gasteiger partial charge in [0.05, 0.1) is 11.0 Å². The second kappa shape index (κ2) is 5.65. The Hall–Kier alpha value is -1.84. The molecular weight excluding hydrogens is 250 g/mol. The maximum atomic E-state index is 12.0. The van der Waals surface area contributed by atoms with E-state index >= 15 is 0 Å². The number of nitrogens with zero attached hydrogens (tertiary/aromatic N) is 2. The van der Waals surface area contributed by atoms with Crippen LogP contribution in [0.2, 0.25) is 0 Å². The summed E-state index contributed by atoms with van der Waals surface area (Å²) in [4.78, 5) is 16.5. The van der Waals surface area contributed by atoms with Gasteiger partial charge in [-0.15, -0.1) is 0 Å². The van der Waals surface area contributed by atoms with Crippen LogP contribution in [-0.2, 0) is 10.3 Å². The van der Waals surface area contributed by atoms with Crippen LogP contribution in [0.1, 0.15) is 47.0 Å². The minimum absolute atomic E-state index is 0.0349. The van der Waals surface area contributed by atoms with E-state index in [4.69, 9.17) is 0 Å². The second-order valence-electron chi connectivity index (χ2n) is 6.08. The summed E-state index contributed by atoms with van der Waals surface area (Å²) in [6.07, 6.45) is 2.47. The van der Waals surface area contributed by atoms with Crippen LogP contribution in [0.25, 0.3) is 11.0 Å². The SMILES string of the molecule is CCCCC(=O)Nc1nc2ccccc2n1C(C)(C)C. The van der Waals surface area contributed by atoms with Gasteiger partial charge in [0.1, 0.15) is 0 Å². The molecule has 0 fully saturated rings. The van der Waals surface area contributed by atoms with Gasteiger partial charge in [-0.05, 0) is 39.3 Å². The van der Waals surface area contributed by atoms with Gasteiger partial charge in [-0.3, -0.25) is 10.1 Å². The van der Waals surface area contributed by atoms with E-state index in [0.717, 1.165) is 23.9 Å². The van der Waals surface area contributed by atoms with Crippen LogP contribution in [0.5, 0.6) is 0 Å². The first-order chi connectivity index (χ1) is 9.43. The van der Waals surface area contributed by atoms with Gasteiger partial charge in [0, 0.05) is 12.0 Å². The van der Waals surface area contributed by atoms with Gasteiger partial charge in [-0.25, -0.2) is 4.98 Å². The molecule has 4 nitrogen and oxygen atoms in total. The highest BCUT2D eigenvalue weighted by molar-refractivity contribution is 5.91. The predicted molar refractivity (Wildman–Crippen MR) is 82.9 cm³/mol. The molecule has 2 rings (SSSR count). The monoisotopic (exact) mass is 273 g/mol. The number of rotatable bonds is 4. The molecule has 0 saturated carbocycles. The largest absolute Gasteiger partial charge is 0.305 e. The van der Waals surface area contributed by atoms with Crippen molar-refractivity contribution in [1.82, 2.24) is 9.55 Å². The zero-order chi connectivity index (χ0) is 14.8. The highest BCUT2D eigenvalue weighted by Crippen LogP contribution is 2.27. The number of hydrogen-bond acceptors (Lipinski definition) is 2. The van der Waals surface area contributed by atoms with Crippen LogP contribution in [-0.4, -0.2) is 15.5 Å². The summed E-state index contributed by atoms with van der Waals surface area (Å²) >= 11 is 0. The molecule has 0 aliphatic rings. The molecule has 0 radical (unpaired) electrons. The Morgan fingerprint density at radius 3 is 2.65 bits per heavy atom. The zero-order valence-corrected chi connectivity index (χ0v) is 12.7. The van der Waals surface area contributed by atoms with E-state index in [9.17, 15) is 4.79 Å². The first-order valence-electron chi connectivity index (χ1n) is 7.21. The second-order valence-corrected chi connectivity index (χ2v) is 6.08. The van der Waals surface area contributed by atoms with Gasteiger partial charge in [0.25, 0.3) is 0 Å². The quantitative estimate of drug-likeness (QED) is 0.917. The van der Waals surface area contributed by atoms with Gasteiger partial charge in [0.2, 0.25) is 11.9 Å². The summed E-state index contributed by atoms with van der Waals surface area (Å²) in [6.45, 7) is 8.42. The lowest BCUT2D eigenvalue weighted by Gasteiger charge is -2.24. The van der Waals surface area contributed by atoms with Gasteiger partial charge in [-0.1, -0.05) is 25.5 Å². The number of unbranched alkanes of at least 4 members (excludes halogenated alkanes) is 1. The smallest absolute Gasteiger partial charge is 0.226 e. The summed E-state index contributed by atoms with van der Waals surface area (Å²) in [5, 5.41) is 2.95. The predicted octanol–water partition coefficient (Wildman–Crippen LogP) is 3.92. The standard InChI is InChI=1S/C16H23N3O/c1-5-6-11-14(20)18-15-17-12-9-7-8-10-13(12)19(15)16(2,3)4/h7-10H,5-6,11H2,1-4H3,(H,17,18,20). The molecule has 0 aliphatic carbocycles. The number of nitrogens with one attached hydrogen (secondary N) is 1. The average molecular weight is 273 g/mol. The maximum absolute atomic E-state index is 12.0. The molecule has 0 aliphatic heterocycles. The first kappa shape index (κ1) is 14.6. The van der Waals surface area contributed by atoms with Crippen molar-refractivity contribution in [3.8, 4) is 0 Å². The van der Waals surface area contributed by atoms with Crippen LogP contribution < -0.4 is 5.32 Å². The molecule has 1 heterocycles.